The number of amides is 1. The maximum absolute atomic E-state index is 11.8. The molecular formula is C12H21NO2. The van der Waals surface area contributed by atoms with Crippen molar-refractivity contribution in [3.05, 3.63) is 0 Å². The average Bonchev–Trinajstić information content (AvgIpc) is 2.26. The predicted octanol–water partition coefficient (Wildman–Crippen LogP) is 2.00. The molecule has 0 radical (unpaired) electrons. The highest BCUT2D eigenvalue weighted by Crippen LogP contribution is 2.25. The molecule has 0 spiro atoms. The highest BCUT2D eigenvalue weighted by atomic mass is 16.2. The van der Waals surface area contributed by atoms with E-state index in [0.717, 1.165) is 12.8 Å². The topological polar surface area (TPSA) is 37.4 Å². The molecule has 0 saturated heterocycles. The molecule has 1 fully saturated rings. The largest absolute Gasteiger partial charge is 0.349 e. The fourth-order valence-corrected chi connectivity index (χ4v) is 2.08. The van der Waals surface area contributed by atoms with E-state index in [9.17, 15) is 9.59 Å². The van der Waals surface area contributed by atoms with Crippen molar-refractivity contribution in [2.24, 2.45) is 5.92 Å². The van der Waals surface area contributed by atoms with E-state index >= 15 is 0 Å². The molecule has 0 aromatic carbocycles. The zero-order valence-corrected chi connectivity index (χ0v) is 9.79. The van der Waals surface area contributed by atoms with Gasteiger partial charge in [-0.25, -0.2) is 0 Å². The lowest BCUT2D eigenvalue weighted by molar-refractivity contribution is -0.132. The number of hydrogen-bond acceptors (Lipinski definition) is 2. The molecule has 0 N–H and O–H groups in total. The Morgan fingerprint density at radius 1 is 1.07 bits per heavy atom. The van der Waals surface area contributed by atoms with Gasteiger partial charge < -0.3 is 4.90 Å². The Bertz CT molecular complexity index is 230. The normalized spacial score (nSPS) is 17.5. The molecule has 1 aliphatic carbocycles. The summed E-state index contributed by atoms with van der Waals surface area (Å²) < 4.78 is 0. The minimum absolute atomic E-state index is 0.0548. The van der Waals surface area contributed by atoms with Crippen LogP contribution in [0.3, 0.4) is 0 Å². The Kier molecular flexibility index (Phi) is 4.79. The predicted molar refractivity (Wildman–Crippen MR) is 59.5 cm³/mol. The van der Waals surface area contributed by atoms with Gasteiger partial charge in [0.25, 0.3) is 0 Å². The Balaban J connectivity index is 2.26. The summed E-state index contributed by atoms with van der Waals surface area (Å²) in [4.78, 5) is 24.6. The van der Waals surface area contributed by atoms with Crippen molar-refractivity contribution in [2.75, 3.05) is 14.1 Å². The molecule has 1 rings (SSSR count). The summed E-state index contributed by atoms with van der Waals surface area (Å²) in [7, 11) is 3.46. The smallest absolute Gasteiger partial charge is 0.222 e. The van der Waals surface area contributed by atoms with Crippen molar-refractivity contribution in [3.63, 3.8) is 0 Å². The van der Waals surface area contributed by atoms with Gasteiger partial charge in [0.15, 0.2) is 0 Å². The van der Waals surface area contributed by atoms with Crippen molar-refractivity contribution in [1.29, 1.82) is 0 Å². The maximum atomic E-state index is 11.8. The number of rotatable bonds is 4. The molecule has 0 aliphatic heterocycles. The van der Waals surface area contributed by atoms with Crippen molar-refractivity contribution in [3.8, 4) is 0 Å². The quantitative estimate of drug-likeness (QED) is 0.713. The summed E-state index contributed by atoms with van der Waals surface area (Å²) in [5.41, 5.74) is 0. The fourth-order valence-electron chi connectivity index (χ4n) is 2.08. The molecule has 0 heterocycles. The lowest BCUT2D eigenvalue weighted by atomic mass is 9.85. The molecular weight excluding hydrogens is 190 g/mol. The monoisotopic (exact) mass is 211 g/mol. The SMILES string of the molecule is CN(C)C(=O)CCC(=O)C1CCCCC1. The molecule has 3 nitrogen and oxygen atoms in total. The van der Waals surface area contributed by atoms with E-state index in [-0.39, 0.29) is 11.8 Å². The lowest BCUT2D eigenvalue weighted by Gasteiger charge is -2.20. The van der Waals surface area contributed by atoms with Crippen LogP contribution in [0, 0.1) is 5.92 Å². The van der Waals surface area contributed by atoms with Crippen molar-refractivity contribution < 1.29 is 9.59 Å². The molecule has 15 heavy (non-hydrogen) atoms. The van der Waals surface area contributed by atoms with Gasteiger partial charge in [-0.1, -0.05) is 19.3 Å². The summed E-state index contributed by atoms with van der Waals surface area (Å²) in [6.07, 6.45) is 6.50. The Morgan fingerprint density at radius 3 is 2.20 bits per heavy atom. The standard InChI is InChI=1S/C12H21NO2/c1-13(2)12(15)9-8-11(14)10-6-4-3-5-7-10/h10H,3-9H2,1-2H3. The van der Waals surface area contributed by atoms with Crippen LogP contribution in [0.1, 0.15) is 44.9 Å². The number of ketones is 1. The third-order valence-corrected chi connectivity index (χ3v) is 3.14. The first-order chi connectivity index (χ1) is 7.11. The molecule has 0 aromatic rings. The number of Topliss-reactive ketones (excluding diaryl/α,β-unsaturated/α-hetero) is 1. The van der Waals surface area contributed by atoms with Crippen molar-refractivity contribution in [1.82, 2.24) is 4.90 Å². The number of carbonyl (C=O) groups is 2. The van der Waals surface area contributed by atoms with Crippen LogP contribution >= 0.6 is 0 Å². The third kappa shape index (κ3) is 4.02. The maximum Gasteiger partial charge on any atom is 0.222 e. The molecule has 1 aliphatic rings. The van der Waals surface area contributed by atoms with Crippen LogP contribution < -0.4 is 0 Å². The zero-order chi connectivity index (χ0) is 11.3. The van der Waals surface area contributed by atoms with Crippen molar-refractivity contribution >= 4 is 11.7 Å². The molecule has 0 bridgehead atoms. The highest BCUT2D eigenvalue weighted by molar-refractivity contribution is 5.86. The first-order valence-corrected chi connectivity index (χ1v) is 5.84. The van der Waals surface area contributed by atoms with Crippen LogP contribution in [-0.2, 0) is 9.59 Å². The number of carbonyl (C=O) groups excluding carboxylic acids is 2. The molecule has 0 unspecified atom stereocenters. The lowest BCUT2D eigenvalue weighted by Crippen LogP contribution is -2.24. The van der Waals surface area contributed by atoms with E-state index in [1.807, 2.05) is 0 Å². The Hall–Kier alpha value is -0.860. The summed E-state index contributed by atoms with van der Waals surface area (Å²) >= 11 is 0. The summed E-state index contributed by atoms with van der Waals surface area (Å²) in [6.45, 7) is 0. The molecule has 1 amide bonds. The Morgan fingerprint density at radius 2 is 1.67 bits per heavy atom. The zero-order valence-electron chi connectivity index (χ0n) is 9.79. The van der Waals surface area contributed by atoms with Crippen LogP contribution in [0.5, 0.6) is 0 Å². The van der Waals surface area contributed by atoms with Gasteiger partial charge in [0.2, 0.25) is 5.91 Å². The molecule has 0 aromatic heterocycles. The first kappa shape index (κ1) is 12.2. The van der Waals surface area contributed by atoms with Gasteiger partial charge in [-0.05, 0) is 12.8 Å². The first-order valence-electron chi connectivity index (χ1n) is 5.84. The average molecular weight is 211 g/mol. The second kappa shape index (κ2) is 5.89. The van der Waals surface area contributed by atoms with E-state index in [0.29, 0.717) is 18.6 Å². The van der Waals surface area contributed by atoms with Gasteiger partial charge >= 0.3 is 0 Å². The highest BCUT2D eigenvalue weighted by Gasteiger charge is 2.21. The van der Waals surface area contributed by atoms with Gasteiger partial charge in [0, 0.05) is 32.9 Å². The van der Waals surface area contributed by atoms with Gasteiger partial charge in [-0.15, -0.1) is 0 Å². The van der Waals surface area contributed by atoms with Crippen LogP contribution in [-0.4, -0.2) is 30.7 Å². The van der Waals surface area contributed by atoms with Gasteiger partial charge in [-0.3, -0.25) is 9.59 Å². The molecule has 86 valence electrons. The Labute approximate surface area is 91.8 Å². The van der Waals surface area contributed by atoms with Crippen LogP contribution in [0.4, 0.5) is 0 Å². The van der Waals surface area contributed by atoms with Gasteiger partial charge in [0.05, 0.1) is 0 Å². The molecule has 1 saturated carbocycles. The summed E-state index contributed by atoms with van der Waals surface area (Å²) in [6, 6.07) is 0. The third-order valence-electron chi connectivity index (χ3n) is 3.14. The summed E-state index contributed by atoms with van der Waals surface area (Å²) in [5, 5.41) is 0. The minimum Gasteiger partial charge on any atom is -0.349 e. The second-order valence-electron chi connectivity index (χ2n) is 4.59. The van der Waals surface area contributed by atoms with Crippen LogP contribution in [0.15, 0.2) is 0 Å². The second-order valence-corrected chi connectivity index (χ2v) is 4.59. The van der Waals surface area contributed by atoms with E-state index in [1.165, 1.54) is 19.3 Å². The van der Waals surface area contributed by atoms with E-state index in [2.05, 4.69) is 0 Å². The minimum atomic E-state index is 0.0548. The number of nitrogens with zero attached hydrogens (tertiary/aromatic N) is 1. The fraction of sp³-hybridized carbons (Fsp3) is 0.833. The van der Waals surface area contributed by atoms with Crippen molar-refractivity contribution in [2.45, 2.75) is 44.9 Å². The van der Waals surface area contributed by atoms with E-state index < -0.39 is 0 Å². The van der Waals surface area contributed by atoms with Crippen LogP contribution in [0.25, 0.3) is 0 Å². The number of hydrogen-bond donors (Lipinski definition) is 0. The molecule has 0 atom stereocenters. The summed E-state index contributed by atoms with van der Waals surface area (Å²) in [5.74, 6) is 0.595. The van der Waals surface area contributed by atoms with E-state index in [1.54, 1.807) is 19.0 Å². The van der Waals surface area contributed by atoms with Gasteiger partial charge in [0.1, 0.15) is 5.78 Å². The van der Waals surface area contributed by atoms with Crippen LogP contribution in [0.2, 0.25) is 0 Å². The van der Waals surface area contributed by atoms with Gasteiger partial charge in [-0.2, -0.15) is 0 Å². The van der Waals surface area contributed by atoms with E-state index in [4.69, 9.17) is 0 Å². The molecule has 3 heteroatoms.